The molecule has 0 bridgehead atoms. The van der Waals surface area contributed by atoms with Gasteiger partial charge in [-0.25, -0.2) is 4.79 Å². The number of methoxy groups -OCH3 is 1. The first kappa shape index (κ1) is 18.9. The maximum atomic E-state index is 12.2. The van der Waals surface area contributed by atoms with E-state index in [-0.39, 0.29) is 29.6 Å². The summed E-state index contributed by atoms with van der Waals surface area (Å²) in [6.45, 7) is 0.532. The third-order valence-corrected chi connectivity index (χ3v) is 4.14. The van der Waals surface area contributed by atoms with Crippen LogP contribution in [0.3, 0.4) is 0 Å². The third kappa shape index (κ3) is 5.82. The molecule has 8 nitrogen and oxygen atoms in total. The molecule has 0 amide bonds. The van der Waals surface area contributed by atoms with Crippen molar-refractivity contribution in [1.82, 2.24) is 0 Å². The van der Waals surface area contributed by atoms with Gasteiger partial charge in [-0.1, -0.05) is 0 Å². The van der Waals surface area contributed by atoms with Gasteiger partial charge in [0.25, 0.3) is 5.69 Å². The van der Waals surface area contributed by atoms with Crippen LogP contribution in [-0.2, 0) is 14.3 Å². The van der Waals surface area contributed by atoms with Crippen LogP contribution in [0.4, 0.5) is 10.5 Å². The Bertz CT molecular complexity index is 614. The Labute approximate surface area is 145 Å². The molecule has 0 saturated heterocycles. The summed E-state index contributed by atoms with van der Waals surface area (Å²) in [5, 5.41) is 10.6. The second-order valence-corrected chi connectivity index (χ2v) is 5.92. The lowest BCUT2D eigenvalue weighted by Gasteiger charge is -2.15. The topological polar surface area (TPSA) is 105 Å². The van der Waals surface area contributed by atoms with Crippen LogP contribution in [-0.4, -0.2) is 36.7 Å². The molecule has 0 aromatic heterocycles. The van der Waals surface area contributed by atoms with Gasteiger partial charge in [0.2, 0.25) is 0 Å². The minimum Gasteiger partial charge on any atom is -0.430 e. The first-order valence-electron chi connectivity index (χ1n) is 8.14. The Balaban J connectivity index is 1.85. The van der Waals surface area contributed by atoms with Crippen LogP contribution in [0.25, 0.3) is 0 Å². The van der Waals surface area contributed by atoms with Crippen LogP contribution in [0.15, 0.2) is 24.3 Å². The molecule has 0 radical (unpaired) electrons. The van der Waals surface area contributed by atoms with E-state index in [0.717, 1.165) is 12.8 Å². The van der Waals surface area contributed by atoms with Crippen LogP contribution in [0, 0.1) is 16.0 Å². The molecule has 1 aromatic rings. The van der Waals surface area contributed by atoms with Crippen molar-refractivity contribution in [2.24, 2.45) is 5.92 Å². The number of rotatable bonds is 6. The van der Waals surface area contributed by atoms with Crippen molar-refractivity contribution in [3.8, 4) is 5.75 Å². The summed E-state index contributed by atoms with van der Waals surface area (Å²) in [6, 6.07) is 5.10. The number of benzene rings is 1. The fourth-order valence-corrected chi connectivity index (χ4v) is 2.80. The van der Waals surface area contributed by atoms with Crippen molar-refractivity contribution in [1.29, 1.82) is 0 Å². The van der Waals surface area contributed by atoms with Crippen LogP contribution < -0.4 is 4.74 Å². The van der Waals surface area contributed by atoms with E-state index < -0.39 is 17.2 Å². The van der Waals surface area contributed by atoms with E-state index in [4.69, 9.17) is 14.2 Å². The van der Waals surface area contributed by atoms with Crippen LogP contribution in [0.1, 0.15) is 32.1 Å². The van der Waals surface area contributed by atoms with Gasteiger partial charge in [0, 0.05) is 38.2 Å². The molecule has 0 heterocycles. The summed E-state index contributed by atoms with van der Waals surface area (Å²) in [7, 11) is 1.60. The SMILES string of the molecule is COCCC1CCC[C@@H](OC(=O)Oc2ccc([N+](=O)[O-])cc2)CC1=O. The van der Waals surface area contributed by atoms with Gasteiger partial charge in [0.05, 0.1) is 4.92 Å². The normalized spacial score (nSPS) is 20.6. The van der Waals surface area contributed by atoms with Gasteiger partial charge < -0.3 is 14.2 Å². The van der Waals surface area contributed by atoms with Crippen LogP contribution in [0.2, 0.25) is 0 Å². The number of nitro benzene ring substituents is 1. The first-order valence-corrected chi connectivity index (χ1v) is 8.14. The quantitative estimate of drug-likeness (QED) is 0.254. The molecule has 1 aliphatic rings. The lowest BCUT2D eigenvalue weighted by Crippen LogP contribution is -2.24. The number of hydrogen-bond donors (Lipinski definition) is 0. The summed E-state index contributed by atoms with van der Waals surface area (Å²) in [4.78, 5) is 34.1. The highest BCUT2D eigenvalue weighted by molar-refractivity contribution is 5.82. The van der Waals surface area contributed by atoms with Crippen LogP contribution >= 0.6 is 0 Å². The van der Waals surface area contributed by atoms with Gasteiger partial charge >= 0.3 is 6.16 Å². The van der Waals surface area contributed by atoms with Gasteiger partial charge in [-0.3, -0.25) is 14.9 Å². The van der Waals surface area contributed by atoms with Gasteiger partial charge in [0.15, 0.2) is 0 Å². The molecular formula is C17H21NO7. The molecule has 2 atom stereocenters. The highest BCUT2D eigenvalue weighted by Crippen LogP contribution is 2.25. The van der Waals surface area contributed by atoms with Crippen molar-refractivity contribution < 1.29 is 28.7 Å². The van der Waals surface area contributed by atoms with Gasteiger partial charge in [-0.05, 0) is 37.8 Å². The number of non-ortho nitro benzene ring substituents is 1. The van der Waals surface area contributed by atoms with E-state index in [1.807, 2.05) is 0 Å². The zero-order valence-electron chi connectivity index (χ0n) is 14.0. The average molecular weight is 351 g/mol. The fraction of sp³-hybridized carbons (Fsp3) is 0.529. The highest BCUT2D eigenvalue weighted by Gasteiger charge is 2.28. The number of ether oxygens (including phenoxy) is 3. The Hall–Kier alpha value is -2.48. The van der Waals surface area contributed by atoms with Crippen molar-refractivity contribution in [2.45, 2.75) is 38.2 Å². The summed E-state index contributed by atoms with van der Waals surface area (Å²) in [5.41, 5.74) is -0.0998. The summed E-state index contributed by atoms with van der Waals surface area (Å²) < 4.78 is 15.2. The Kier molecular flexibility index (Phi) is 6.88. The largest absolute Gasteiger partial charge is 0.514 e. The molecule has 1 aromatic carbocycles. The molecule has 8 heteroatoms. The van der Waals surface area contributed by atoms with Crippen molar-refractivity contribution in [3.05, 3.63) is 34.4 Å². The number of nitrogens with zero attached hydrogens (tertiary/aromatic N) is 1. The highest BCUT2D eigenvalue weighted by atomic mass is 16.7. The maximum absolute atomic E-state index is 12.2. The van der Waals surface area contributed by atoms with E-state index >= 15 is 0 Å². The zero-order chi connectivity index (χ0) is 18.2. The number of carbonyl (C=O) groups excluding carboxylic acids is 2. The third-order valence-electron chi connectivity index (χ3n) is 4.14. The second-order valence-electron chi connectivity index (χ2n) is 5.92. The van der Waals surface area contributed by atoms with E-state index in [1.165, 1.54) is 24.3 Å². The lowest BCUT2D eigenvalue weighted by atomic mass is 9.96. The monoisotopic (exact) mass is 351 g/mol. The van der Waals surface area contributed by atoms with E-state index in [0.29, 0.717) is 19.4 Å². The average Bonchev–Trinajstić information content (AvgIpc) is 2.74. The molecule has 0 spiro atoms. The Morgan fingerprint density at radius 1 is 1.28 bits per heavy atom. The number of hydrogen-bond acceptors (Lipinski definition) is 7. The molecule has 136 valence electrons. The first-order chi connectivity index (χ1) is 12.0. The Morgan fingerprint density at radius 3 is 2.64 bits per heavy atom. The molecular weight excluding hydrogens is 330 g/mol. The summed E-state index contributed by atoms with van der Waals surface area (Å²) >= 11 is 0. The number of nitro groups is 1. The molecule has 0 N–H and O–H groups in total. The smallest absolute Gasteiger partial charge is 0.430 e. The lowest BCUT2D eigenvalue weighted by molar-refractivity contribution is -0.384. The number of carbonyl (C=O) groups is 2. The van der Waals surface area contributed by atoms with Crippen molar-refractivity contribution >= 4 is 17.6 Å². The van der Waals surface area contributed by atoms with Crippen LogP contribution in [0.5, 0.6) is 5.75 Å². The molecule has 1 fully saturated rings. The number of Topliss-reactive ketones (excluding diaryl/α,β-unsaturated/α-hetero) is 1. The molecule has 1 aliphatic carbocycles. The molecule has 25 heavy (non-hydrogen) atoms. The van der Waals surface area contributed by atoms with E-state index in [2.05, 4.69) is 0 Å². The number of ketones is 1. The molecule has 0 aliphatic heterocycles. The summed E-state index contributed by atoms with van der Waals surface area (Å²) in [5.74, 6) is 0.162. The minimum atomic E-state index is -0.915. The van der Waals surface area contributed by atoms with Gasteiger partial charge in [0.1, 0.15) is 17.6 Å². The van der Waals surface area contributed by atoms with Crippen molar-refractivity contribution in [2.75, 3.05) is 13.7 Å². The fourth-order valence-electron chi connectivity index (χ4n) is 2.80. The molecule has 1 unspecified atom stereocenters. The predicted molar refractivity (Wildman–Crippen MR) is 87.5 cm³/mol. The summed E-state index contributed by atoms with van der Waals surface area (Å²) in [6.07, 6.45) is 1.58. The Morgan fingerprint density at radius 2 is 2.00 bits per heavy atom. The standard InChI is InChI=1S/C17H21NO7/c1-23-10-9-12-3-2-4-15(11-16(12)19)25-17(20)24-14-7-5-13(6-8-14)18(21)22/h5-8,12,15H,2-4,9-11H2,1H3/t12?,15-/m1/s1. The minimum absolute atomic E-state index is 0.0563. The van der Waals surface area contributed by atoms with Crippen molar-refractivity contribution in [3.63, 3.8) is 0 Å². The second kappa shape index (κ2) is 9.12. The predicted octanol–water partition coefficient (Wildman–Crippen LogP) is 3.27. The van der Waals surface area contributed by atoms with E-state index in [9.17, 15) is 19.7 Å². The van der Waals surface area contributed by atoms with Gasteiger partial charge in [-0.2, -0.15) is 0 Å². The molecule has 2 rings (SSSR count). The zero-order valence-corrected chi connectivity index (χ0v) is 14.0. The maximum Gasteiger partial charge on any atom is 0.514 e. The molecule has 1 saturated carbocycles. The van der Waals surface area contributed by atoms with Gasteiger partial charge in [-0.15, -0.1) is 0 Å². The van der Waals surface area contributed by atoms with E-state index in [1.54, 1.807) is 7.11 Å².